The van der Waals surface area contributed by atoms with E-state index in [1.807, 2.05) is 0 Å². The minimum Gasteiger partial charge on any atom is -0.480 e. The molecule has 0 bridgehead atoms. The Morgan fingerprint density at radius 2 is 1.75 bits per heavy atom. The second-order valence-corrected chi connectivity index (χ2v) is 4.18. The molecular weight excluding hydrogens is 277 g/mol. The number of carbonyl (C=O) groups excluding carboxylic acids is 1. The zero-order valence-corrected chi connectivity index (χ0v) is 10.9. The van der Waals surface area contributed by atoms with Crippen molar-refractivity contribution in [2.24, 2.45) is 5.41 Å². The molecule has 0 fully saturated rings. The van der Waals surface area contributed by atoms with Gasteiger partial charge in [0.1, 0.15) is 5.82 Å². The zero-order valence-electron chi connectivity index (χ0n) is 10.9. The molecule has 1 aromatic rings. The number of carboxylic acid groups (broad SMARTS) is 1. The highest BCUT2D eigenvalue weighted by molar-refractivity contribution is 5.99. The van der Waals surface area contributed by atoms with Gasteiger partial charge in [0.05, 0.1) is 0 Å². The van der Waals surface area contributed by atoms with E-state index in [-0.39, 0.29) is 18.9 Å². The molecule has 0 saturated carbocycles. The fourth-order valence-corrected chi connectivity index (χ4v) is 1.73. The van der Waals surface area contributed by atoms with Crippen LogP contribution in [-0.4, -0.2) is 17.0 Å². The summed E-state index contributed by atoms with van der Waals surface area (Å²) in [7, 11) is 0. The minimum atomic E-state index is -1.88. The smallest absolute Gasteiger partial charge is 0.328 e. The van der Waals surface area contributed by atoms with E-state index in [1.165, 1.54) is 13.8 Å². The van der Waals surface area contributed by atoms with Crippen LogP contribution in [0.5, 0.6) is 5.75 Å². The molecule has 20 heavy (non-hydrogen) atoms. The lowest BCUT2D eigenvalue weighted by molar-refractivity contribution is -0.163. The first kappa shape index (κ1) is 16.0. The molecule has 0 aliphatic heterocycles. The predicted octanol–water partition coefficient (Wildman–Crippen LogP) is 2.90. The van der Waals surface area contributed by atoms with Gasteiger partial charge in [0.15, 0.2) is 17.0 Å². The van der Waals surface area contributed by atoms with Crippen LogP contribution < -0.4 is 4.74 Å². The summed E-state index contributed by atoms with van der Waals surface area (Å²) in [5.41, 5.74) is -1.88. The maximum Gasteiger partial charge on any atom is 0.328 e. The fraction of sp³-hybridized carbons (Fsp3) is 0.385. The van der Waals surface area contributed by atoms with Crippen LogP contribution in [0, 0.1) is 22.9 Å². The van der Waals surface area contributed by atoms with Crippen molar-refractivity contribution in [2.75, 3.05) is 0 Å². The standard InChI is InChI=1S/C13H13F3O4/c1-3-13(4-2,11(17)18)12(19)20-9-6-7(14)5-8(15)10(9)16/h5-6H,3-4H2,1-2H3,(H,17,18). The molecule has 0 saturated heterocycles. The first-order valence-electron chi connectivity index (χ1n) is 5.88. The van der Waals surface area contributed by atoms with Gasteiger partial charge in [-0.15, -0.1) is 0 Å². The van der Waals surface area contributed by atoms with Crippen molar-refractivity contribution < 1.29 is 32.6 Å². The molecule has 7 heteroatoms. The van der Waals surface area contributed by atoms with Crippen molar-refractivity contribution in [1.82, 2.24) is 0 Å². The van der Waals surface area contributed by atoms with Gasteiger partial charge in [0.25, 0.3) is 0 Å². The summed E-state index contributed by atoms with van der Waals surface area (Å²) in [6, 6.07) is 0.769. The lowest BCUT2D eigenvalue weighted by Crippen LogP contribution is -2.41. The quantitative estimate of drug-likeness (QED) is 0.392. The summed E-state index contributed by atoms with van der Waals surface area (Å²) in [5, 5.41) is 9.11. The van der Waals surface area contributed by atoms with Crippen LogP contribution >= 0.6 is 0 Å². The van der Waals surface area contributed by atoms with Crippen molar-refractivity contribution in [3.63, 3.8) is 0 Å². The molecule has 0 amide bonds. The van der Waals surface area contributed by atoms with Crippen LogP contribution in [0.1, 0.15) is 26.7 Å². The Labute approximate surface area is 113 Å². The first-order valence-corrected chi connectivity index (χ1v) is 5.88. The van der Waals surface area contributed by atoms with Crippen molar-refractivity contribution in [3.8, 4) is 5.75 Å². The molecule has 0 radical (unpaired) electrons. The highest BCUT2D eigenvalue weighted by Crippen LogP contribution is 2.31. The lowest BCUT2D eigenvalue weighted by atomic mass is 9.82. The van der Waals surface area contributed by atoms with Crippen molar-refractivity contribution >= 4 is 11.9 Å². The van der Waals surface area contributed by atoms with E-state index >= 15 is 0 Å². The maximum atomic E-state index is 13.4. The first-order chi connectivity index (χ1) is 9.28. The van der Waals surface area contributed by atoms with Crippen LogP contribution in [0.25, 0.3) is 0 Å². The number of halogens is 3. The summed E-state index contributed by atoms with van der Waals surface area (Å²) in [4.78, 5) is 23.1. The molecule has 1 N–H and O–H groups in total. The fourth-order valence-electron chi connectivity index (χ4n) is 1.73. The average molecular weight is 290 g/mol. The molecule has 0 aliphatic carbocycles. The normalized spacial score (nSPS) is 11.2. The Morgan fingerprint density at radius 1 is 1.20 bits per heavy atom. The van der Waals surface area contributed by atoms with E-state index in [1.54, 1.807) is 0 Å². The van der Waals surface area contributed by atoms with Gasteiger partial charge in [0.2, 0.25) is 5.82 Å². The molecule has 1 rings (SSSR count). The third-order valence-electron chi connectivity index (χ3n) is 3.17. The van der Waals surface area contributed by atoms with Crippen LogP contribution in [0.4, 0.5) is 13.2 Å². The Bertz CT molecular complexity index is 539. The molecule has 0 unspecified atom stereocenters. The third-order valence-corrected chi connectivity index (χ3v) is 3.17. The van der Waals surface area contributed by atoms with E-state index in [9.17, 15) is 22.8 Å². The second kappa shape index (κ2) is 5.94. The summed E-state index contributed by atoms with van der Waals surface area (Å²) in [5.74, 6) is -7.89. The average Bonchev–Trinajstić information content (AvgIpc) is 2.37. The van der Waals surface area contributed by atoms with Gasteiger partial charge in [-0.05, 0) is 12.8 Å². The molecule has 0 spiro atoms. The van der Waals surface area contributed by atoms with Gasteiger partial charge in [-0.3, -0.25) is 9.59 Å². The topological polar surface area (TPSA) is 63.6 Å². The van der Waals surface area contributed by atoms with E-state index in [0.717, 1.165) is 0 Å². The van der Waals surface area contributed by atoms with Crippen LogP contribution in [0.15, 0.2) is 12.1 Å². The third kappa shape index (κ3) is 2.76. The maximum absolute atomic E-state index is 13.4. The minimum absolute atomic E-state index is 0.100. The number of hydrogen-bond donors (Lipinski definition) is 1. The number of rotatable bonds is 5. The Balaban J connectivity index is 3.15. The number of hydrogen-bond acceptors (Lipinski definition) is 3. The molecular formula is C13H13F3O4. The summed E-state index contributed by atoms with van der Waals surface area (Å²) in [6.07, 6.45) is -0.200. The van der Waals surface area contributed by atoms with Gasteiger partial charge in [-0.1, -0.05) is 13.8 Å². The number of benzene rings is 1. The van der Waals surface area contributed by atoms with E-state index < -0.39 is 40.6 Å². The van der Waals surface area contributed by atoms with Gasteiger partial charge in [0, 0.05) is 12.1 Å². The van der Waals surface area contributed by atoms with E-state index in [4.69, 9.17) is 5.11 Å². The summed E-state index contributed by atoms with van der Waals surface area (Å²) in [6.45, 7) is 2.89. The highest BCUT2D eigenvalue weighted by atomic mass is 19.2. The van der Waals surface area contributed by atoms with Crippen molar-refractivity contribution in [2.45, 2.75) is 26.7 Å². The van der Waals surface area contributed by atoms with E-state index in [2.05, 4.69) is 4.74 Å². The molecule has 1 aromatic carbocycles. The highest BCUT2D eigenvalue weighted by Gasteiger charge is 2.45. The Hall–Kier alpha value is -2.05. The van der Waals surface area contributed by atoms with Gasteiger partial charge in [-0.25, -0.2) is 8.78 Å². The van der Waals surface area contributed by atoms with E-state index in [0.29, 0.717) is 6.07 Å². The zero-order chi connectivity index (χ0) is 15.5. The van der Waals surface area contributed by atoms with Gasteiger partial charge < -0.3 is 9.84 Å². The molecule has 0 atom stereocenters. The largest absolute Gasteiger partial charge is 0.480 e. The van der Waals surface area contributed by atoms with Crippen LogP contribution in [0.3, 0.4) is 0 Å². The molecule has 0 heterocycles. The van der Waals surface area contributed by atoms with Crippen molar-refractivity contribution in [3.05, 3.63) is 29.6 Å². The number of aliphatic carboxylic acids is 1. The SMILES string of the molecule is CCC(CC)(C(=O)O)C(=O)Oc1cc(F)cc(F)c1F. The summed E-state index contributed by atoms with van der Waals surface area (Å²) >= 11 is 0. The molecule has 4 nitrogen and oxygen atoms in total. The number of carbonyl (C=O) groups is 2. The van der Waals surface area contributed by atoms with Crippen LogP contribution in [-0.2, 0) is 9.59 Å². The lowest BCUT2D eigenvalue weighted by Gasteiger charge is -2.24. The van der Waals surface area contributed by atoms with Gasteiger partial charge in [-0.2, -0.15) is 4.39 Å². The van der Waals surface area contributed by atoms with Crippen molar-refractivity contribution in [1.29, 1.82) is 0 Å². The second-order valence-electron chi connectivity index (χ2n) is 4.18. The van der Waals surface area contributed by atoms with Gasteiger partial charge >= 0.3 is 11.9 Å². The Morgan fingerprint density at radius 3 is 2.20 bits per heavy atom. The summed E-state index contributed by atoms with van der Waals surface area (Å²) < 4.78 is 43.9. The molecule has 0 aromatic heterocycles. The monoisotopic (exact) mass is 290 g/mol. The van der Waals surface area contributed by atoms with Crippen LogP contribution in [0.2, 0.25) is 0 Å². The predicted molar refractivity (Wildman–Crippen MR) is 62.6 cm³/mol. The molecule has 110 valence electrons. The molecule has 0 aliphatic rings. The number of esters is 1. The number of ether oxygens (including phenoxy) is 1. The number of carboxylic acids is 1. The Kier molecular flexibility index (Phi) is 4.75.